The van der Waals surface area contributed by atoms with Gasteiger partial charge < -0.3 is 4.74 Å². The third-order valence-electron chi connectivity index (χ3n) is 1.51. The van der Waals surface area contributed by atoms with Gasteiger partial charge in [0.2, 0.25) is 0 Å². The second-order valence-electron chi connectivity index (χ2n) is 2.66. The first kappa shape index (κ1) is 10.5. The molecule has 0 N–H and O–H groups in total. The Morgan fingerprint density at radius 2 is 2.21 bits per heavy atom. The fourth-order valence-corrected chi connectivity index (χ4v) is 0.925. The molecule has 0 amide bonds. The minimum atomic E-state index is -0.333. The molecule has 0 atom stereocenters. The van der Waals surface area contributed by atoms with Gasteiger partial charge in [-0.2, -0.15) is 0 Å². The highest BCUT2D eigenvalue weighted by Crippen LogP contribution is 1.97. The Morgan fingerprint density at radius 1 is 1.43 bits per heavy atom. The van der Waals surface area contributed by atoms with Crippen LogP contribution in [0, 0.1) is 0 Å². The fourth-order valence-electron chi connectivity index (χ4n) is 0.925. The maximum absolute atomic E-state index is 11.4. The van der Waals surface area contributed by atoms with Crippen LogP contribution in [0.25, 0.3) is 0 Å². The topological polar surface area (TPSA) is 69.2 Å². The number of rotatable bonds is 5. The van der Waals surface area contributed by atoms with Gasteiger partial charge in [-0.25, -0.2) is 4.98 Å². The van der Waals surface area contributed by atoms with Crippen molar-refractivity contribution in [3.8, 4) is 0 Å². The highest BCUT2D eigenvalue weighted by molar-refractivity contribution is 6.07. The van der Waals surface area contributed by atoms with Crippen molar-refractivity contribution < 1.29 is 14.3 Å². The summed E-state index contributed by atoms with van der Waals surface area (Å²) in [5.41, 5.74) is 0.206. The van der Waals surface area contributed by atoms with E-state index < -0.39 is 0 Å². The van der Waals surface area contributed by atoms with E-state index in [1.807, 2.05) is 0 Å². The standard InChI is InChI=1S/C9H10N2O3/c1-14-6-7(12)4-9(13)8-5-10-2-3-11-8/h2-3,5H,4,6H2,1H3. The largest absolute Gasteiger partial charge is 0.377 e. The predicted molar refractivity (Wildman–Crippen MR) is 47.9 cm³/mol. The molecule has 0 aliphatic carbocycles. The Morgan fingerprint density at radius 3 is 2.79 bits per heavy atom. The predicted octanol–water partition coefficient (Wildman–Crippen LogP) is 0.265. The zero-order valence-electron chi connectivity index (χ0n) is 7.77. The smallest absolute Gasteiger partial charge is 0.190 e. The maximum atomic E-state index is 11.4. The Hall–Kier alpha value is -1.62. The molecule has 0 bridgehead atoms. The number of hydrogen-bond acceptors (Lipinski definition) is 5. The van der Waals surface area contributed by atoms with Crippen molar-refractivity contribution in [2.45, 2.75) is 6.42 Å². The molecule has 0 fully saturated rings. The van der Waals surface area contributed by atoms with Gasteiger partial charge >= 0.3 is 0 Å². The van der Waals surface area contributed by atoms with Crippen LogP contribution in [0.5, 0.6) is 0 Å². The van der Waals surface area contributed by atoms with Crippen LogP contribution in [0.1, 0.15) is 16.9 Å². The van der Waals surface area contributed by atoms with Crippen molar-refractivity contribution in [1.82, 2.24) is 9.97 Å². The van der Waals surface area contributed by atoms with Crippen LogP contribution in [0.2, 0.25) is 0 Å². The van der Waals surface area contributed by atoms with Crippen LogP contribution < -0.4 is 0 Å². The van der Waals surface area contributed by atoms with E-state index in [2.05, 4.69) is 14.7 Å². The molecule has 1 heterocycles. The lowest BCUT2D eigenvalue weighted by Gasteiger charge is -1.98. The normalized spacial score (nSPS) is 9.79. The summed E-state index contributed by atoms with van der Waals surface area (Å²) in [4.78, 5) is 29.9. The van der Waals surface area contributed by atoms with Gasteiger partial charge in [-0.05, 0) is 0 Å². The van der Waals surface area contributed by atoms with E-state index in [4.69, 9.17) is 0 Å². The lowest BCUT2D eigenvalue weighted by Crippen LogP contribution is -2.13. The molecule has 1 rings (SSSR count). The molecule has 0 spiro atoms. The van der Waals surface area contributed by atoms with Gasteiger partial charge in [0, 0.05) is 19.5 Å². The highest BCUT2D eigenvalue weighted by Gasteiger charge is 2.12. The summed E-state index contributed by atoms with van der Waals surface area (Å²) in [6.45, 7) is -0.0496. The van der Waals surface area contributed by atoms with Crippen molar-refractivity contribution >= 4 is 11.6 Å². The van der Waals surface area contributed by atoms with Gasteiger partial charge in [-0.1, -0.05) is 0 Å². The quantitative estimate of drug-likeness (QED) is 0.497. The van der Waals surface area contributed by atoms with Crippen molar-refractivity contribution in [3.05, 3.63) is 24.3 Å². The average molecular weight is 194 g/mol. The van der Waals surface area contributed by atoms with E-state index >= 15 is 0 Å². The molecule has 14 heavy (non-hydrogen) atoms. The SMILES string of the molecule is COCC(=O)CC(=O)c1cnccn1. The van der Waals surface area contributed by atoms with Gasteiger partial charge in [0.1, 0.15) is 12.3 Å². The number of nitrogens with zero attached hydrogens (tertiary/aromatic N) is 2. The van der Waals surface area contributed by atoms with Crippen molar-refractivity contribution in [3.63, 3.8) is 0 Å². The van der Waals surface area contributed by atoms with Crippen molar-refractivity contribution in [1.29, 1.82) is 0 Å². The van der Waals surface area contributed by atoms with Gasteiger partial charge in [0.15, 0.2) is 11.6 Å². The summed E-state index contributed by atoms with van der Waals surface area (Å²) in [5, 5.41) is 0. The van der Waals surface area contributed by atoms with Crippen LogP contribution >= 0.6 is 0 Å². The number of Topliss-reactive ketones (excluding diaryl/α,β-unsaturated/α-hetero) is 2. The lowest BCUT2D eigenvalue weighted by atomic mass is 10.1. The average Bonchev–Trinajstić information content (AvgIpc) is 2.19. The van der Waals surface area contributed by atoms with Crippen LogP contribution in [-0.2, 0) is 9.53 Å². The molecule has 0 aliphatic heterocycles. The number of aromatic nitrogens is 2. The van der Waals surface area contributed by atoms with E-state index in [1.54, 1.807) is 0 Å². The molecular formula is C9H10N2O3. The van der Waals surface area contributed by atoms with E-state index in [9.17, 15) is 9.59 Å². The third kappa shape index (κ3) is 3.02. The first-order valence-corrected chi connectivity index (χ1v) is 4.04. The second-order valence-corrected chi connectivity index (χ2v) is 2.66. The Kier molecular flexibility index (Phi) is 3.87. The number of ether oxygens (including phenoxy) is 1. The Labute approximate surface area is 81.1 Å². The van der Waals surface area contributed by atoms with Crippen LogP contribution in [0.4, 0.5) is 0 Å². The number of hydrogen-bond donors (Lipinski definition) is 0. The zero-order valence-corrected chi connectivity index (χ0v) is 7.77. The summed E-state index contributed by atoms with van der Waals surface area (Å²) >= 11 is 0. The van der Waals surface area contributed by atoms with Crippen molar-refractivity contribution in [2.24, 2.45) is 0 Å². The lowest BCUT2D eigenvalue weighted by molar-refractivity contribution is -0.121. The summed E-state index contributed by atoms with van der Waals surface area (Å²) in [7, 11) is 1.41. The molecule has 0 radical (unpaired) electrons. The molecule has 5 heteroatoms. The van der Waals surface area contributed by atoms with Gasteiger partial charge in [-0.3, -0.25) is 14.6 Å². The van der Waals surface area contributed by atoms with Crippen molar-refractivity contribution in [2.75, 3.05) is 13.7 Å². The zero-order chi connectivity index (χ0) is 10.4. The molecular weight excluding hydrogens is 184 g/mol. The Balaban J connectivity index is 2.55. The number of methoxy groups -OCH3 is 1. The second kappa shape index (κ2) is 5.18. The molecule has 0 aliphatic rings. The van der Waals surface area contributed by atoms with E-state index in [-0.39, 0.29) is 30.3 Å². The molecule has 74 valence electrons. The van der Waals surface area contributed by atoms with Crippen LogP contribution in [-0.4, -0.2) is 35.3 Å². The molecule has 0 saturated carbocycles. The number of ketones is 2. The van der Waals surface area contributed by atoms with Gasteiger partial charge in [-0.15, -0.1) is 0 Å². The maximum Gasteiger partial charge on any atom is 0.190 e. The first-order valence-electron chi connectivity index (χ1n) is 4.04. The van der Waals surface area contributed by atoms with Crippen LogP contribution in [0.3, 0.4) is 0 Å². The monoisotopic (exact) mass is 194 g/mol. The van der Waals surface area contributed by atoms with E-state index in [0.29, 0.717) is 0 Å². The fraction of sp³-hybridized carbons (Fsp3) is 0.333. The third-order valence-corrected chi connectivity index (χ3v) is 1.51. The Bertz CT molecular complexity index is 324. The summed E-state index contributed by atoms with van der Waals surface area (Å²) in [6.07, 6.45) is 4.02. The molecule has 0 unspecified atom stereocenters. The highest BCUT2D eigenvalue weighted by atomic mass is 16.5. The molecule has 0 saturated heterocycles. The minimum absolute atomic E-state index is 0.0496. The summed E-state index contributed by atoms with van der Waals surface area (Å²) in [5.74, 6) is -0.594. The van der Waals surface area contributed by atoms with E-state index in [0.717, 1.165) is 0 Å². The van der Waals surface area contributed by atoms with Gasteiger partial charge in [0.05, 0.1) is 12.6 Å². The number of carbonyl (C=O) groups excluding carboxylic acids is 2. The first-order chi connectivity index (χ1) is 6.74. The molecule has 1 aromatic heterocycles. The summed E-state index contributed by atoms with van der Waals surface area (Å²) < 4.78 is 4.60. The van der Waals surface area contributed by atoms with E-state index in [1.165, 1.54) is 25.7 Å². The molecule has 5 nitrogen and oxygen atoms in total. The minimum Gasteiger partial charge on any atom is -0.377 e. The molecule has 0 aromatic carbocycles. The van der Waals surface area contributed by atoms with Crippen LogP contribution in [0.15, 0.2) is 18.6 Å². The molecule has 1 aromatic rings. The number of carbonyl (C=O) groups is 2. The van der Waals surface area contributed by atoms with Gasteiger partial charge in [0.25, 0.3) is 0 Å². The summed E-state index contributed by atoms with van der Waals surface area (Å²) in [6, 6.07) is 0.